The fourth-order valence-corrected chi connectivity index (χ4v) is 3.81. The van der Waals surface area contributed by atoms with Gasteiger partial charge >= 0.3 is 0 Å². The van der Waals surface area contributed by atoms with Crippen LogP contribution in [0.4, 0.5) is 0 Å². The van der Waals surface area contributed by atoms with Gasteiger partial charge < -0.3 is 10.1 Å². The van der Waals surface area contributed by atoms with Crippen molar-refractivity contribution in [1.29, 1.82) is 0 Å². The van der Waals surface area contributed by atoms with Gasteiger partial charge in [0.25, 0.3) is 0 Å². The molecule has 110 valence electrons. The Morgan fingerprint density at radius 3 is 2.85 bits per heavy atom. The summed E-state index contributed by atoms with van der Waals surface area (Å²) < 4.78 is 6.06. The summed E-state index contributed by atoms with van der Waals surface area (Å²) in [6, 6.07) is 7.53. The van der Waals surface area contributed by atoms with Crippen LogP contribution in [0, 0.1) is 0 Å². The summed E-state index contributed by atoms with van der Waals surface area (Å²) in [5, 5.41) is 3.66. The van der Waals surface area contributed by atoms with Crippen molar-refractivity contribution in [2.24, 2.45) is 0 Å². The van der Waals surface area contributed by atoms with E-state index in [9.17, 15) is 0 Å². The van der Waals surface area contributed by atoms with Gasteiger partial charge in [-0.3, -0.25) is 0 Å². The molecule has 0 bridgehead atoms. The summed E-state index contributed by atoms with van der Waals surface area (Å²) in [6.07, 6.45) is 7.32. The summed E-state index contributed by atoms with van der Waals surface area (Å²) in [4.78, 5) is 0. The van der Waals surface area contributed by atoms with E-state index in [1.165, 1.54) is 37.7 Å². The van der Waals surface area contributed by atoms with Crippen molar-refractivity contribution in [3.63, 3.8) is 0 Å². The standard InChI is InChI=1S/C18H27NO/c1-3-19-17(18(2)10-5-11-20-18)13-14-8-9-15-6-4-7-16(15)12-14/h8-9,12,17,19H,3-7,10-11,13H2,1-2H3. The van der Waals surface area contributed by atoms with Crippen LogP contribution < -0.4 is 5.32 Å². The molecule has 2 atom stereocenters. The number of nitrogens with one attached hydrogen (secondary N) is 1. The maximum atomic E-state index is 6.06. The van der Waals surface area contributed by atoms with Crippen LogP contribution in [-0.2, 0) is 24.0 Å². The van der Waals surface area contributed by atoms with Crippen molar-refractivity contribution in [1.82, 2.24) is 5.32 Å². The monoisotopic (exact) mass is 273 g/mol. The Bertz CT molecular complexity index is 462. The van der Waals surface area contributed by atoms with Crippen molar-refractivity contribution in [3.05, 3.63) is 34.9 Å². The molecule has 0 amide bonds. The minimum absolute atomic E-state index is 0.00895. The normalized spacial score (nSPS) is 26.7. The highest BCUT2D eigenvalue weighted by Gasteiger charge is 2.37. The molecule has 1 saturated heterocycles. The summed E-state index contributed by atoms with van der Waals surface area (Å²) in [5.41, 5.74) is 4.62. The highest BCUT2D eigenvalue weighted by molar-refractivity contribution is 5.35. The van der Waals surface area contributed by atoms with E-state index in [2.05, 4.69) is 37.4 Å². The number of aryl methyl sites for hydroxylation is 2. The first-order chi connectivity index (χ1) is 9.71. The zero-order chi connectivity index (χ0) is 14.0. The molecule has 20 heavy (non-hydrogen) atoms. The van der Waals surface area contributed by atoms with E-state index in [1.54, 1.807) is 11.1 Å². The molecule has 1 aromatic rings. The maximum Gasteiger partial charge on any atom is 0.0810 e. The minimum Gasteiger partial charge on any atom is -0.374 e. The van der Waals surface area contributed by atoms with Gasteiger partial charge in [0.05, 0.1) is 5.60 Å². The molecule has 2 nitrogen and oxygen atoms in total. The second-order valence-electron chi connectivity index (χ2n) is 6.54. The third-order valence-electron chi connectivity index (χ3n) is 5.04. The average molecular weight is 273 g/mol. The first-order valence-corrected chi connectivity index (χ1v) is 8.19. The molecule has 3 rings (SSSR count). The molecule has 0 radical (unpaired) electrons. The molecular weight excluding hydrogens is 246 g/mol. The third-order valence-corrected chi connectivity index (χ3v) is 5.04. The van der Waals surface area contributed by atoms with Crippen LogP contribution in [0.5, 0.6) is 0 Å². The predicted octanol–water partition coefficient (Wildman–Crippen LogP) is 3.27. The van der Waals surface area contributed by atoms with Crippen LogP contribution in [0.1, 0.15) is 49.8 Å². The van der Waals surface area contributed by atoms with Crippen LogP contribution in [0.25, 0.3) is 0 Å². The topological polar surface area (TPSA) is 21.3 Å². The van der Waals surface area contributed by atoms with Crippen LogP contribution in [0.15, 0.2) is 18.2 Å². The largest absolute Gasteiger partial charge is 0.374 e. The van der Waals surface area contributed by atoms with Crippen molar-refractivity contribution in [2.45, 2.75) is 64.0 Å². The van der Waals surface area contributed by atoms with Crippen molar-refractivity contribution < 1.29 is 4.74 Å². The van der Waals surface area contributed by atoms with E-state index in [4.69, 9.17) is 4.74 Å². The minimum atomic E-state index is 0.00895. The zero-order valence-corrected chi connectivity index (χ0v) is 12.9. The lowest BCUT2D eigenvalue weighted by molar-refractivity contribution is -0.0110. The van der Waals surface area contributed by atoms with Gasteiger partial charge in [-0.15, -0.1) is 0 Å². The van der Waals surface area contributed by atoms with Crippen LogP contribution in [0.2, 0.25) is 0 Å². The van der Waals surface area contributed by atoms with Gasteiger partial charge in [0.15, 0.2) is 0 Å². The lowest BCUT2D eigenvalue weighted by Crippen LogP contribution is -2.49. The second-order valence-corrected chi connectivity index (χ2v) is 6.54. The van der Waals surface area contributed by atoms with E-state index >= 15 is 0 Å². The number of ether oxygens (including phenoxy) is 1. The molecule has 1 N–H and O–H groups in total. The van der Waals surface area contributed by atoms with Gasteiger partial charge in [0, 0.05) is 12.6 Å². The Labute approximate surface area is 122 Å². The Morgan fingerprint density at radius 1 is 1.25 bits per heavy atom. The molecule has 1 aromatic carbocycles. The summed E-state index contributed by atoms with van der Waals surface area (Å²) in [6.45, 7) is 6.39. The molecule has 1 aliphatic carbocycles. The van der Waals surface area contributed by atoms with Gasteiger partial charge in [0.1, 0.15) is 0 Å². The molecule has 2 unspecified atom stereocenters. The molecule has 1 heterocycles. The highest BCUT2D eigenvalue weighted by atomic mass is 16.5. The van der Waals surface area contributed by atoms with Crippen LogP contribution in [-0.4, -0.2) is 24.8 Å². The molecule has 0 saturated carbocycles. The van der Waals surface area contributed by atoms with Gasteiger partial charge in [-0.25, -0.2) is 0 Å². The first kappa shape index (κ1) is 14.1. The Hall–Kier alpha value is -0.860. The predicted molar refractivity (Wildman–Crippen MR) is 83.2 cm³/mol. The fourth-order valence-electron chi connectivity index (χ4n) is 3.81. The smallest absolute Gasteiger partial charge is 0.0810 e. The number of rotatable bonds is 5. The average Bonchev–Trinajstić information content (AvgIpc) is 3.07. The maximum absolute atomic E-state index is 6.06. The Kier molecular flexibility index (Phi) is 4.13. The molecular formula is C18H27NO. The summed E-state index contributed by atoms with van der Waals surface area (Å²) >= 11 is 0. The number of benzene rings is 1. The van der Waals surface area contributed by atoms with Crippen LogP contribution >= 0.6 is 0 Å². The Morgan fingerprint density at radius 2 is 2.10 bits per heavy atom. The van der Waals surface area contributed by atoms with E-state index in [1.807, 2.05) is 0 Å². The molecule has 2 heteroatoms. The van der Waals surface area contributed by atoms with Gasteiger partial charge in [-0.1, -0.05) is 25.1 Å². The third kappa shape index (κ3) is 2.77. The number of fused-ring (bicyclic) bond motifs is 1. The second kappa shape index (κ2) is 5.87. The lowest BCUT2D eigenvalue weighted by atomic mass is 9.87. The number of hydrogen-bond donors (Lipinski definition) is 1. The van der Waals surface area contributed by atoms with Gasteiger partial charge in [0.2, 0.25) is 0 Å². The molecule has 0 spiro atoms. The van der Waals surface area contributed by atoms with Gasteiger partial charge in [-0.05, 0) is 68.7 Å². The fraction of sp³-hybridized carbons (Fsp3) is 0.667. The number of hydrogen-bond acceptors (Lipinski definition) is 2. The van der Waals surface area contributed by atoms with Crippen molar-refractivity contribution in [2.75, 3.05) is 13.2 Å². The SMILES string of the molecule is CCNC(Cc1ccc2c(c1)CCC2)C1(C)CCCO1. The Balaban J connectivity index is 1.76. The van der Waals surface area contributed by atoms with Crippen molar-refractivity contribution >= 4 is 0 Å². The molecule has 2 aliphatic rings. The lowest BCUT2D eigenvalue weighted by Gasteiger charge is -2.34. The summed E-state index contributed by atoms with van der Waals surface area (Å²) in [5.74, 6) is 0. The van der Waals surface area contributed by atoms with E-state index < -0.39 is 0 Å². The van der Waals surface area contributed by atoms with Crippen molar-refractivity contribution in [3.8, 4) is 0 Å². The van der Waals surface area contributed by atoms with E-state index in [0.717, 1.165) is 19.6 Å². The first-order valence-electron chi connectivity index (χ1n) is 8.19. The van der Waals surface area contributed by atoms with Crippen LogP contribution in [0.3, 0.4) is 0 Å². The quantitative estimate of drug-likeness (QED) is 0.889. The number of likely N-dealkylation sites (N-methyl/N-ethyl adjacent to an activating group) is 1. The molecule has 1 fully saturated rings. The van der Waals surface area contributed by atoms with Gasteiger partial charge in [-0.2, -0.15) is 0 Å². The van der Waals surface area contributed by atoms with E-state index in [0.29, 0.717) is 6.04 Å². The highest BCUT2D eigenvalue weighted by Crippen LogP contribution is 2.31. The zero-order valence-electron chi connectivity index (χ0n) is 12.9. The summed E-state index contributed by atoms with van der Waals surface area (Å²) in [7, 11) is 0. The van der Waals surface area contributed by atoms with E-state index in [-0.39, 0.29) is 5.60 Å². The molecule has 1 aliphatic heterocycles. The molecule has 0 aromatic heterocycles.